The van der Waals surface area contributed by atoms with E-state index in [1.165, 1.54) is 32.3 Å². The van der Waals surface area contributed by atoms with Crippen LogP contribution in [0.25, 0.3) is 17.2 Å². The van der Waals surface area contributed by atoms with Crippen molar-refractivity contribution < 1.29 is 0 Å². The van der Waals surface area contributed by atoms with Crippen molar-refractivity contribution in [3.8, 4) is 11.1 Å². The normalized spacial score (nSPS) is 12.8. The molecule has 0 saturated carbocycles. The smallest absolute Gasteiger partial charge is 0.0297 e. The van der Waals surface area contributed by atoms with Crippen molar-refractivity contribution in [3.05, 3.63) is 63.6 Å². The molecule has 1 aliphatic rings. The zero-order valence-electron chi connectivity index (χ0n) is 9.70. The summed E-state index contributed by atoms with van der Waals surface area (Å²) in [6, 6.07) is 12.9. The molecule has 0 bridgehead atoms. The molecule has 0 saturated heterocycles. The lowest BCUT2D eigenvalue weighted by Gasteiger charge is -2.13. The van der Waals surface area contributed by atoms with E-state index >= 15 is 0 Å². The highest BCUT2D eigenvalue weighted by atomic mass is 79.9. The summed E-state index contributed by atoms with van der Waals surface area (Å²) in [5, 5.41) is 0. The van der Waals surface area contributed by atoms with Crippen LogP contribution in [-0.2, 0) is 6.42 Å². The van der Waals surface area contributed by atoms with Gasteiger partial charge in [-0.05, 0) is 57.1 Å². The Morgan fingerprint density at radius 3 is 2.65 bits per heavy atom. The first-order valence-electron chi connectivity index (χ1n) is 5.81. The van der Waals surface area contributed by atoms with Crippen molar-refractivity contribution in [2.45, 2.75) is 13.3 Å². The van der Waals surface area contributed by atoms with Gasteiger partial charge in [0.1, 0.15) is 0 Å². The number of rotatable bonds is 1. The highest BCUT2D eigenvalue weighted by Gasteiger charge is 2.16. The predicted octanol–water partition coefficient (Wildman–Crippen LogP) is 4.99. The molecule has 0 N–H and O–H groups in total. The maximum Gasteiger partial charge on any atom is 0.0297 e. The summed E-state index contributed by atoms with van der Waals surface area (Å²) in [6.07, 6.45) is 5.47. The van der Waals surface area contributed by atoms with Crippen LogP contribution in [0, 0.1) is 6.92 Å². The minimum atomic E-state index is 1.04. The van der Waals surface area contributed by atoms with Crippen LogP contribution in [0.4, 0.5) is 0 Å². The van der Waals surface area contributed by atoms with E-state index in [0.29, 0.717) is 0 Å². The van der Waals surface area contributed by atoms with Gasteiger partial charge in [-0.15, -0.1) is 0 Å². The van der Waals surface area contributed by atoms with E-state index in [1.54, 1.807) is 0 Å². The van der Waals surface area contributed by atoms with E-state index in [0.717, 1.165) is 6.42 Å². The number of allylic oxidation sites excluding steroid dienone is 1. The van der Waals surface area contributed by atoms with Gasteiger partial charge in [-0.3, -0.25) is 0 Å². The van der Waals surface area contributed by atoms with Crippen molar-refractivity contribution in [1.82, 2.24) is 0 Å². The molecule has 0 aliphatic heterocycles. The Hall–Kier alpha value is -1.34. The van der Waals surface area contributed by atoms with Crippen molar-refractivity contribution in [1.29, 1.82) is 0 Å². The Bertz CT molecular complexity index is 595. The molecule has 0 radical (unpaired) electrons. The number of hydrogen-bond acceptors (Lipinski definition) is 0. The first kappa shape index (κ1) is 10.8. The van der Waals surface area contributed by atoms with Crippen molar-refractivity contribution in [3.63, 3.8) is 0 Å². The summed E-state index contributed by atoms with van der Waals surface area (Å²) >= 11 is 3.78. The van der Waals surface area contributed by atoms with Crippen LogP contribution in [-0.4, -0.2) is 0 Å². The highest BCUT2D eigenvalue weighted by Crippen LogP contribution is 2.38. The minimum Gasteiger partial charge on any atom is -0.0795 e. The van der Waals surface area contributed by atoms with Gasteiger partial charge in [0.15, 0.2) is 0 Å². The molecular formula is C16H13Br. The van der Waals surface area contributed by atoms with Crippen LogP contribution >= 0.6 is 15.9 Å². The van der Waals surface area contributed by atoms with E-state index in [1.807, 2.05) is 0 Å². The lowest BCUT2D eigenvalue weighted by molar-refractivity contribution is 1.27. The standard InChI is InChI=1S/C16H13Br/c1-11-10-13-8-5-9-14(13)16(17)15(11)12-6-3-2-4-7-12/h2-8,10H,9H2,1H3. The van der Waals surface area contributed by atoms with E-state index in [2.05, 4.69) is 71.4 Å². The van der Waals surface area contributed by atoms with Gasteiger partial charge in [-0.2, -0.15) is 0 Å². The molecule has 1 heteroatoms. The van der Waals surface area contributed by atoms with Crippen LogP contribution in [0.3, 0.4) is 0 Å². The van der Waals surface area contributed by atoms with Crippen LogP contribution in [0.15, 0.2) is 46.9 Å². The van der Waals surface area contributed by atoms with Gasteiger partial charge in [-0.1, -0.05) is 48.6 Å². The van der Waals surface area contributed by atoms with Crippen molar-refractivity contribution >= 4 is 22.0 Å². The lowest BCUT2D eigenvalue weighted by Crippen LogP contribution is -1.92. The number of benzene rings is 2. The molecule has 0 atom stereocenters. The predicted molar refractivity (Wildman–Crippen MR) is 77.1 cm³/mol. The molecule has 0 heterocycles. The molecule has 2 aromatic carbocycles. The second-order valence-electron chi connectivity index (χ2n) is 4.42. The van der Waals surface area contributed by atoms with Gasteiger partial charge in [0.05, 0.1) is 0 Å². The summed E-state index contributed by atoms with van der Waals surface area (Å²) in [6.45, 7) is 2.18. The molecule has 3 rings (SSSR count). The van der Waals surface area contributed by atoms with Crippen molar-refractivity contribution in [2.75, 3.05) is 0 Å². The molecule has 1 aliphatic carbocycles. The third kappa shape index (κ3) is 1.75. The molecule has 0 spiro atoms. The number of aryl methyl sites for hydroxylation is 1. The average Bonchev–Trinajstić information content (AvgIpc) is 2.78. The van der Waals surface area contributed by atoms with Gasteiger partial charge in [0.25, 0.3) is 0 Å². The van der Waals surface area contributed by atoms with Gasteiger partial charge in [0, 0.05) is 4.47 Å². The van der Waals surface area contributed by atoms with E-state index in [9.17, 15) is 0 Å². The average molecular weight is 285 g/mol. The van der Waals surface area contributed by atoms with E-state index in [4.69, 9.17) is 0 Å². The van der Waals surface area contributed by atoms with Crippen LogP contribution < -0.4 is 0 Å². The second-order valence-corrected chi connectivity index (χ2v) is 5.22. The Kier molecular flexibility index (Phi) is 2.64. The largest absolute Gasteiger partial charge is 0.0795 e. The molecule has 17 heavy (non-hydrogen) atoms. The summed E-state index contributed by atoms with van der Waals surface area (Å²) in [5.74, 6) is 0. The zero-order valence-corrected chi connectivity index (χ0v) is 11.3. The highest BCUT2D eigenvalue weighted by molar-refractivity contribution is 9.10. The first-order chi connectivity index (χ1) is 8.27. The summed E-state index contributed by atoms with van der Waals surface area (Å²) in [5.41, 5.74) is 6.71. The quantitative estimate of drug-likeness (QED) is 0.692. The Labute approximate surface area is 110 Å². The van der Waals surface area contributed by atoms with Gasteiger partial charge >= 0.3 is 0 Å². The minimum absolute atomic E-state index is 1.04. The summed E-state index contributed by atoms with van der Waals surface area (Å²) < 4.78 is 1.25. The molecule has 84 valence electrons. The SMILES string of the molecule is Cc1cc2c(c(Br)c1-c1ccccc1)CC=C2. The topological polar surface area (TPSA) is 0 Å². The summed E-state index contributed by atoms with van der Waals surface area (Å²) in [7, 11) is 0. The molecule has 2 aromatic rings. The Morgan fingerprint density at radius 2 is 1.88 bits per heavy atom. The third-order valence-electron chi connectivity index (χ3n) is 3.28. The van der Waals surface area contributed by atoms with Crippen LogP contribution in [0.1, 0.15) is 16.7 Å². The zero-order chi connectivity index (χ0) is 11.8. The Balaban J connectivity index is 2.26. The van der Waals surface area contributed by atoms with Gasteiger partial charge in [0.2, 0.25) is 0 Å². The molecular weight excluding hydrogens is 272 g/mol. The number of hydrogen-bond donors (Lipinski definition) is 0. The maximum atomic E-state index is 3.78. The van der Waals surface area contributed by atoms with E-state index < -0.39 is 0 Å². The molecule has 0 unspecified atom stereocenters. The molecule has 0 fully saturated rings. The number of halogens is 1. The summed E-state index contributed by atoms with van der Waals surface area (Å²) in [4.78, 5) is 0. The fourth-order valence-corrected chi connectivity index (χ4v) is 3.39. The fraction of sp³-hybridized carbons (Fsp3) is 0.125. The molecule has 0 aromatic heterocycles. The number of fused-ring (bicyclic) bond motifs is 1. The second kappa shape index (κ2) is 4.15. The van der Waals surface area contributed by atoms with Crippen LogP contribution in [0.5, 0.6) is 0 Å². The van der Waals surface area contributed by atoms with Gasteiger partial charge in [-0.25, -0.2) is 0 Å². The van der Waals surface area contributed by atoms with Gasteiger partial charge < -0.3 is 0 Å². The third-order valence-corrected chi connectivity index (χ3v) is 4.16. The Morgan fingerprint density at radius 1 is 1.12 bits per heavy atom. The monoisotopic (exact) mass is 284 g/mol. The van der Waals surface area contributed by atoms with Crippen LogP contribution in [0.2, 0.25) is 0 Å². The van der Waals surface area contributed by atoms with Crippen molar-refractivity contribution in [2.24, 2.45) is 0 Å². The van der Waals surface area contributed by atoms with E-state index in [-0.39, 0.29) is 0 Å². The molecule has 0 nitrogen and oxygen atoms in total. The lowest BCUT2D eigenvalue weighted by atomic mass is 9.95. The maximum absolute atomic E-state index is 3.78. The molecule has 0 amide bonds. The fourth-order valence-electron chi connectivity index (χ4n) is 2.46. The first-order valence-corrected chi connectivity index (χ1v) is 6.60.